The second kappa shape index (κ2) is 5.23. The van der Waals surface area contributed by atoms with Gasteiger partial charge in [0.05, 0.1) is 22.0 Å². The average Bonchev–Trinajstić information content (AvgIpc) is 2.60. The van der Waals surface area contributed by atoms with E-state index in [0.29, 0.717) is 22.6 Å². The number of hydrogen-bond donors (Lipinski definition) is 2. The summed E-state index contributed by atoms with van der Waals surface area (Å²) in [5.74, 6) is 0. The van der Waals surface area contributed by atoms with E-state index in [4.69, 9.17) is 17.3 Å². The van der Waals surface area contributed by atoms with Crippen LogP contribution in [0.2, 0.25) is 5.02 Å². The third-order valence-electron chi connectivity index (χ3n) is 3.40. The fraction of sp³-hybridized carbons (Fsp3) is 0.308. The molecular weight excluding hydrogens is 312 g/mol. The molecule has 2 aromatic rings. The van der Waals surface area contributed by atoms with Crippen LogP contribution in [0.3, 0.4) is 0 Å². The number of nitrogens with zero attached hydrogens (tertiary/aromatic N) is 2. The summed E-state index contributed by atoms with van der Waals surface area (Å²) < 4.78 is 29.3. The van der Waals surface area contributed by atoms with Gasteiger partial charge in [-0.1, -0.05) is 11.6 Å². The molecule has 1 aromatic heterocycles. The summed E-state index contributed by atoms with van der Waals surface area (Å²) in [6.45, 7) is 5.17. The Morgan fingerprint density at radius 2 is 1.90 bits per heavy atom. The zero-order chi connectivity index (χ0) is 15.9. The van der Waals surface area contributed by atoms with Crippen molar-refractivity contribution in [1.29, 1.82) is 0 Å². The third-order valence-corrected chi connectivity index (χ3v) is 5.09. The van der Waals surface area contributed by atoms with Crippen LogP contribution in [0.1, 0.15) is 17.0 Å². The van der Waals surface area contributed by atoms with Crippen LogP contribution in [0.4, 0.5) is 11.4 Å². The molecule has 0 aliphatic carbocycles. The molecule has 3 N–H and O–H groups in total. The zero-order valence-electron chi connectivity index (χ0n) is 12.2. The number of nitrogens with two attached hydrogens (primary N) is 1. The second-order valence-corrected chi connectivity index (χ2v) is 6.98. The SMILES string of the molecule is Cc1nn(C)c(C)c1NS(=O)(=O)c1cc(Cl)cc(N)c1C. The Morgan fingerprint density at radius 3 is 2.43 bits per heavy atom. The summed E-state index contributed by atoms with van der Waals surface area (Å²) in [6, 6.07) is 2.91. The molecule has 1 heterocycles. The van der Waals surface area contributed by atoms with Gasteiger partial charge in [0.25, 0.3) is 10.0 Å². The van der Waals surface area contributed by atoms with Gasteiger partial charge in [-0.15, -0.1) is 0 Å². The lowest BCUT2D eigenvalue weighted by Gasteiger charge is -2.12. The lowest BCUT2D eigenvalue weighted by Crippen LogP contribution is -2.16. The van der Waals surface area contributed by atoms with E-state index in [1.807, 2.05) is 0 Å². The molecule has 114 valence electrons. The molecule has 0 amide bonds. The molecule has 0 fully saturated rings. The summed E-state index contributed by atoms with van der Waals surface area (Å²) in [5.41, 5.74) is 8.38. The summed E-state index contributed by atoms with van der Waals surface area (Å²) >= 11 is 5.91. The lowest BCUT2D eigenvalue weighted by atomic mass is 10.2. The van der Waals surface area contributed by atoms with Crippen molar-refractivity contribution in [2.75, 3.05) is 10.5 Å². The van der Waals surface area contributed by atoms with Crippen LogP contribution in [0, 0.1) is 20.8 Å². The van der Waals surface area contributed by atoms with Gasteiger partial charge in [0.1, 0.15) is 0 Å². The van der Waals surface area contributed by atoms with Crippen molar-refractivity contribution in [2.45, 2.75) is 25.7 Å². The highest BCUT2D eigenvalue weighted by Gasteiger charge is 2.22. The predicted molar refractivity (Wildman–Crippen MR) is 84.1 cm³/mol. The first kappa shape index (κ1) is 15.7. The number of benzene rings is 1. The Labute approximate surface area is 129 Å². The number of nitrogens with one attached hydrogen (secondary N) is 1. The molecule has 21 heavy (non-hydrogen) atoms. The molecule has 0 unspecified atom stereocenters. The Bertz CT molecular complexity index is 812. The van der Waals surface area contributed by atoms with Gasteiger partial charge in [-0.2, -0.15) is 5.10 Å². The van der Waals surface area contributed by atoms with E-state index < -0.39 is 10.0 Å². The first-order valence-electron chi connectivity index (χ1n) is 6.22. The highest BCUT2D eigenvalue weighted by Crippen LogP contribution is 2.29. The van der Waals surface area contributed by atoms with E-state index in [1.54, 1.807) is 32.5 Å². The molecule has 0 spiro atoms. The minimum Gasteiger partial charge on any atom is -0.398 e. The number of rotatable bonds is 3. The average molecular weight is 329 g/mol. The molecule has 8 heteroatoms. The number of sulfonamides is 1. The van der Waals surface area contributed by atoms with Crippen LogP contribution >= 0.6 is 11.6 Å². The van der Waals surface area contributed by atoms with E-state index in [0.717, 1.165) is 5.69 Å². The maximum Gasteiger partial charge on any atom is 0.262 e. The van der Waals surface area contributed by atoms with Crippen molar-refractivity contribution in [3.05, 3.63) is 34.1 Å². The highest BCUT2D eigenvalue weighted by atomic mass is 35.5. The Balaban J connectivity index is 2.54. The first-order valence-corrected chi connectivity index (χ1v) is 8.08. The first-order chi connectivity index (χ1) is 9.63. The number of hydrogen-bond acceptors (Lipinski definition) is 4. The maximum absolute atomic E-state index is 12.6. The minimum atomic E-state index is -3.79. The van der Waals surface area contributed by atoms with Crippen molar-refractivity contribution >= 4 is 33.0 Å². The van der Waals surface area contributed by atoms with Crippen LogP contribution in [0.5, 0.6) is 0 Å². The van der Waals surface area contributed by atoms with Gasteiger partial charge < -0.3 is 5.73 Å². The Hall–Kier alpha value is -1.73. The normalized spacial score (nSPS) is 11.7. The van der Waals surface area contributed by atoms with E-state index in [1.165, 1.54) is 12.1 Å². The predicted octanol–water partition coefficient (Wildman–Crippen LogP) is 2.38. The van der Waals surface area contributed by atoms with Crippen LogP contribution in [-0.2, 0) is 17.1 Å². The number of aromatic nitrogens is 2. The van der Waals surface area contributed by atoms with Gasteiger partial charge in [-0.3, -0.25) is 9.40 Å². The van der Waals surface area contributed by atoms with Crippen LogP contribution in [0.25, 0.3) is 0 Å². The summed E-state index contributed by atoms with van der Waals surface area (Å²) in [4.78, 5) is 0.0650. The second-order valence-electron chi connectivity index (χ2n) is 4.89. The number of anilines is 2. The van der Waals surface area contributed by atoms with Gasteiger partial charge in [-0.05, 0) is 38.5 Å². The van der Waals surface area contributed by atoms with Crippen molar-refractivity contribution in [2.24, 2.45) is 7.05 Å². The molecule has 0 atom stereocenters. The summed E-state index contributed by atoms with van der Waals surface area (Å²) in [7, 11) is -2.04. The molecule has 0 bridgehead atoms. The molecule has 6 nitrogen and oxygen atoms in total. The molecular formula is C13H17ClN4O2S. The number of nitrogen functional groups attached to an aromatic ring is 1. The fourth-order valence-corrected chi connectivity index (χ4v) is 3.83. The van der Waals surface area contributed by atoms with Crippen LogP contribution < -0.4 is 10.5 Å². The van der Waals surface area contributed by atoms with Gasteiger partial charge in [0.15, 0.2) is 0 Å². The van der Waals surface area contributed by atoms with Gasteiger partial charge in [-0.25, -0.2) is 8.42 Å². The van der Waals surface area contributed by atoms with Crippen molar-refractivity contribution in [3.63, 3.8) is 0 Å². The molecule has 0 aliphatic heterocycles. The van der Waals surface area contributed by atoms with Crippen molar-refractivity contribution in [3.8, 4) is 0 Å². The molecule has 1 aromatic carbocycles. The molecule has 2 rings (SSSR count). The van der Waals surface area contributed by atoms with E-state index in [-0.39, 0.29) is 9.92 Å². The summed E-state index contributed by atoms with van der Waals surface area (Å²) in [6.07, 6.45) is 0. The maximum atomic E-state index is 12.6. The minimum absolute atomic E-state index is 0.0650. The van der Waals surface area contributed by atoms with Gasteiger partial charge in [0, 0.05) is 17.8 Å². The van der Waals surface area contributed by atoms with Gasteiger partial charge in [0.2, 0.25) is 0 Å². The monoisotopic (exact) mass is 328 g/mol. The fourth-order valence-electron chi connectivity index (χ4n) is 2.06. The molecule has 0 saturated heterocycles. The Morgan fingerprint density at radius 1 is 1.29 bits per heavy atom. The van der Waals surface area contributed by atoms with E-state index >= 15 is 0 Å². The van der Waals surface area contributed by atoms with Crippen molar-refractivity contribution in [1.82, 2.24) is 9.78 Å². The quantitative estimate of drug-likeness (QED) is 0.846. The van der Waals surface area contributed by atoms with E-state index in [9.17, 15) is 8.42 Å². The topological polar surface area (TPSA) is 90.0 Å². The van der Waals surface area contributed by atoms with Crippen LogP contribution in [-0.4, -0.2) is 18.2 Å². The van der Waals surface area contributed by atoms with Crippen LogP contribution in [0.15, 0.2) is 17.0 Å². The number of aryl methyl sites for hydroxylation is 2. The molecule has 0 saturated carbocycles. The van der Waals surface area contributed by atoms with Crippen molar-refractivity contribution < 1.29 is 8.42 Å². The smallest absolute Gasteiger partial charge is 0.262 e. The number of halogens is 1. The zero-order valence-corrected chi connectivity index (χ0v) is 13.8. The standard InChI is InChI=1S/C13H17ClN4O2S/c1-7-11(15)5-10(14)6-12(7)21(19,20)17-13-8(2)16-18(4)9(13)3/h5-6,17H,15H2,1-4H3. The summed E-state index contributed by atoms with van der Waals surface area (Å²) in [5, 5.41) is 4.46. The lowest BCUT2D eigenvalue weighted by molar-refractivity contribution is 0.600. The van der Waals surface area contributed by atoms with Gasteiger partial charge >= 0.3 is 0 Å². The highest BCUT2D eigenvalue weighted by molar-refractivity contribution is 7.92. The molecule has 0 aliphatic rings. The van der Waals surface area contributed by atoms with E-state index in [2.05, 4.69) is 9.82 Å². The third kappa shape index (κ3) is 2.84. The largest absolute Gasteiger partial charge is 0.398 e. The Kier molecular flexibility index (Phi) is 3.90. The molecule has 0 radical (unpaired) electrons.